The number of hydrogen-bond acceptors (Lipinski definition) is 5. The van der Waals surface area contributed by atoms with Gasteiger partial charge in [0, 0.05) is 19.2 Å². The third kappa shape index (κ3) is 2.89. The largest absolute Gasteiger partial charge is 0.379 e. The SMILES string of the molecule is O=[N+]([O-])c1cc(S(=O)(=O)N2CCOCC2)c(Cl)cc1Cl. The summed E-state index contributed by atoms with van der Waals surface area (Å²) in [7, 11) is -3.91. The molecule has 0 radical (unpaired) electrons. The Kier molecular flexibility index (Phi) is 4.50. The average molecular weight is 341 g/mol. The Morgan fingerprint density at radius 3 is 2.35 bits per heavy atom. The number of rotatable bonds is 3. The number of sulfonamides is 1. The Labute approximate surface area is 125 Å². The summed E-state index contributed by atoms with van der Waals surface area (Å²) in [4.78, 5) is 9.76. The lowest BCUT2D eigenvalue weighted by Crippen LogP contribution is -2.40. The molecule has 7 nitrogen and oxygen atoms in total. The van der Waals surface area contributed by atoms with Crippen molar-refractivity contribution < 1.29 is 18.1 Å². The van der Waals surface area contributed by atoms with Crippen LogP contribution in [0.4, 0.5) is 5.69 Å². The molecule has 0 saturated carbocycles. The first-order valence-corrected chi connectivity index (χ1v) is 7.75. The third-order valence-electron chi connectivity index (χ3n) is 2.79. The molecule has 2 rings (SSSR count). The van der Waals surface area contributed by atoms with Gasteiger partial charge < -0.3 is 4.74 Å². The first-order valence-electron chi connectivity index (χ1n) is 5.55. The molecule has 1 aliphatic rings. The van der Waals surface area contributed by atoms with E-state index in [1.807, 2.05) is 0 Å². The highest BCUT2D eigenvalue weighted by Gasteiger charge is 2.31. The van der Waals surface area contributed by atoms with Gasteiger partial charge in [0.15, 0.2) is 0 Å². The molecule has 10 heteroatoms. The van der Waals surface area contributed by atoms with Crippen LogP contribution in [0.3, 0.4) is 0 Å². The molecule has 0 atom stereocenters. The van der Waals surface area contributed by atoms with E-state index in [1.165, 1.54) is 4.31 Å². The molecule has 110 valence electrons. The highest BCUT2D eigenvalue weighted by molar-refractivity contribution is 7.89. The summed E-state index contributed by atoms with van der Waals surface area (Å²) in [6.45, 7) is 0.892. The molecule has 0 N–H and O–H groups in total. The minimum atomic E-state index is -3.91. The molecule has 1 fully saturated rings. The lowest BCUT2D eigenvalue weighted by molar-refractivity contribution is -0.384. The van der Waals surface area contributed by atoms with Gasteiger partial charge in [0.2, 0.25) is 10.0 Å². The zero-order valence-electron chi connectivity index (χ0n) is 10.1. The van der Waals surface area contributed by atoms with Crippen molar-refractivity contribution in [3.05, 3.63) is 32.3 Å². The minimum absolute atomic E-state index is 0.146. The molecule has 1 aromatic rings. The van der Waals surface area contributed by atoms with Gasteiger partial charge in [-0.3, -0.25) is 10.1 Å². The van der Waals surface area contributed by atoms with E-state index in [2.05, 4.69) is 0 Å². The van der Waals surface area contributed by atoms with Gasteiger partial charge in [-0.15, -0.1) is 0 Å². The van der Waals surface area contributed by atoms with Crippen LogP contribution in [0.25, 0.3) is 0 Å². The van der Waals surface area contributed by atoms with Crippen LogP contribution in [0.1, 0.15) is 0 Å². The van der Waals surface area contributed by atoms with Crippen LogP contribution in [0.5, 0.6) is 0 Å². The molecule has 1 aliphatic heterocycles. The number of benzene rings is 1. The number of ether oxygens (including phenoxy) is 1. The predicted octanol–water partition coefficient (Wildman–Crippen LogP) is 1.92. The molecule has 0 aromatic heterocycles. The number of nitrogens with zero attached hydrogens (tertiary/aromatic N) is 2. The fourth-order valence-electron chi connectivity index (χ4n) is 1.78. The van der Waals surface area contributed by atoms with E-state index in [4.69, 9.17) is 27.9 Å². The first-order chi connectivity index (χ1) is 9.34. The summed E-state index contributed by atoms with van der Waals surface area (Å²) < 4.78 is 31.1. The molecule has 1 saturated heterocycles. The number of halogens is 2. The Morgan fingerprint density at radius 1 is 1.20 bits per heavy atom. The number of morpholine rings is 1. The van der Waals surface area contributed by atoms with Gasteiger partial charge in [-0.05, 0) is 6.07 Å². The zero-order chi connectivity index (χ0) is 14.9. The van der Waals surface area contributed by atoms with E-state index in [0.29, 0.717) is 0 Å². The standard InChI is InChI=1S/C10H10Cl2N2O5S/c11-7-5-8(12)10(6-9(7)14(15)16)20(17,18)13-1-3-19-4-2-13/h5-6H,1-4H2. The molecular weight excluding hydrogens is 331 g/mol. The summed E-state index contributed by atoms with van der Waals surface area (Å²) in [5, 5.41) is 10.5. The first kappa shape index (κ1) is 15.5. The maximum Gasteiger partial charge on any atom is 0.289 e. The smallest absolute Gasteiger partial charge is 0.289 e. The maximum absolute atomic E-state index is 12.4. The topological polar surface area (TPSA) is 89.8 Å². The zero-order valence-corrected chi connectivity index (χ0v) is 12.4. The third-order valence-corrected chi connectivity index (χ3v) is 5.45. The lowest BCUT2D eigenvalue weighted by Gasteiger charge is -2.26. The molecule has 1 aromatic carbocycles. The van der Waals surface area contributed by atoms with Crippen molar-refractivity contribution in [1.29, 1.82) is 0 Å². The summed E-state index contributed by atoms with van der Waals surface area (Å²) in [6, 6.07) is 1.95. The summed E-state index contributed by atoms with van der Waals surface area (Å²) in [5.74, 6) is 0. The van der Waals surface area contributed by atoms with Gasteiger partial charge in [-0.25, -0.2) is 8.42 Å². The predicted molar refractivity (Wildman–Crippen MR) is 72.7 cm³/mol. The molecule has 1 heterocycles. The van der Waals surface area contributed by atoms with Crippen molar-refractivity contribution in [3.8, 4) is 0 Å². The van der Waals surface area contributed by atoms with Crippen molar-refractivity contribution in [1.82, 2.24) is 4.31 Å². The molecule has 0 bridgehead atoms. The van der Waals surface area contributed by atoms with Crippen molar-refractivity contribution in [2.75, 3.05) is 26.3 Å². The summed E-state index contributed by atoms with van der Waals surface area (Å²) in [6.07, 6.45) is 0. The quantitative estimate of drug-likeness (QED) is 0.619. The molecule has 0 amide bonds. The Balaban J connectivity index is 2.50. The molecule has 0 unspecified atom stereocenters. The van der Waals surface area contributed by atoms with Gasteiger partial charge in [0.1, 0.15) is 9.92 Å². The Bertz CT molecular complexity index is 643. The minimum Gasteiger partial charge on any atom is -0.379 e. The molecule has 0 spiro atoms. The van der Waals surface area contributed by atoms with Gasteiger partial charge in [-0.1, -0.05) is 23.2 Å². The van der Waals surface area contributed by atoms with E-state index in [1.54, 1.807) is 0 Å². The second-order valence-corrected chi connectivity index (χ2v) is 6.73. The molecular formula is C10H10Cl2N2O5S. The van der Waals surface area contributed by atoms with Crippen molar-refractivity contribution >= 4 is 38.9 Å². The highest BCUT2D eigenvalue weighted by Crippen LogP contribution is 2.34. The normalized spacial score (nSPS) is 17.1. The lowest BCUT2D eigenvalue weighted by atomic mass is 10.3. The fourth-order valence-corrected chi connectivity index (χ4v) is 4.00. The van der Waals surface area contributed by atoms with Gasteiger partial charge in [0.05, 0.1) is 23.2 Å². The van der Waals surface area contributed by atoms with Crippen LogP contribution in [0.15, 0.2) is 17.0 Å². The Hall–Kier alpha value is -0.930. The number of nitro benzene ring substituents is 1. The van der Waals surface area contributed by atoms with Crippen molar-refractivity contribution in [2.45, 2.75) is 4.90 Å². The Morgan fingerprint density at radius 2 is 1.80 bits per heavy atom. The van der Waals surface area contributed by atoms with Crippen LogP contribution in [-0.2, 0) is 14.8 Å². The van der Waals surface area contributed by atoms with E-state index in [9.17, 15) is 18.5 Å². The van der Waals surface area contributed by atoms with Crippen LogP contribution in [0, 0.1) is 10.1 Å². The number of nitro groups is 1. The number of hydrogen-bond donors (Lipinski definition) is 0. The van der Waals surface area contributed by atoms with E-state index in [-0.39, 0.29) is 41.2 Å². The van der Waals surface area contributed by atoms with Gasteiger partial charge in [-0.2, -0.15) is 4.31 Å². The van der Waals surface area contributed by atoms with E-state index < -0.39 is 20.6 Å². The van der Waals surface area contributed by atoms with Crippen LogP contribution >= 0.6 is 23.2 Å². The monoisotopic (exact) mass is 340 g/mol. The van der Waals surface area contributed by atoms with Crippen molar-refractivity contribution in [3.63, 3.8) is 0 Å². The fraction of sp³-hybridized carbons (Fsp3) is 0.400. The second-order valence-electron chi connectivity index (χ2n) is 4.01. The summed E-state index contributed by atoms with van der Waals surface area (Å²) >= 11 is 11.5. The van der Waals surface area contributed by atoms with Crippen LogP contribution in [-0.4, -0.2) is 43.9 Å². The molecule has 20 heavy (non-hydrogen) atoms. The van der Waals surface area contributed by atoms with Crippen LogP contribution < -0.4 is 0 Å². The second kappa shape index (κ2) is 5.82. The van der Waals surface area contributed by atoms with Crippen LogP contribution in [0.2, 0.25) is 10.0 Å². The summed E-state index contributed by atoms with van der Waals surface area (Å²) in [5.41, 5.74) is -0.497. The molecule has 0 aliphatic carbocycles. The van der Waals surface area contributed by atoms with E-state index >= 15 is 0 Å². The van der Waals surface area contributed by atoms with Crippen molar-refractivity contribution in [2.24, 2.45) is 0 Å². The van der Waals surface area contributed by atoms with E-state index in [0.717, 1.165) is 12.1 Å². The average Bonchev–Trinajstić information content (AvgIpc) is 2.39. The highest BCUT2D eigenvalue weighted by atomic mass is 35.5. The van der Waals surface area contributed by atoms with Gasteiger partial charge >= 0.3 is 0 Å². The maximum atomic E-state index is 12.4. The van der Waals surface area contributed by atoms with Gasteiger partial charge in [0.25, 0.3) is 5.69 Å².